The van der Waals surface area contributed by atoms with Crippen LogP contribution in [0, 0.1) is 0 Å². The number of Topliss-reactive ketones (excluding diaryl/α,β-unsaturated/α-hetero) is 1. The Balaban J connectivity index is 1.97. The number of thioether (sulfide) groups is 1. The molecule has 0 bridgehead atoms. The second-order valence-corrected chi connectivity index (χ2v) is 6.89. The molecule has 1 aromatic heterocycles. The molecule has 0 amide bonds. The van der Waals surface area contributed by atoms with Crippen molar-refractivity contribution in [3.63, 3.8) is 0 Å². The van der Waals surface area contributed by atoms with Crippen LogP contribution in [0.15, 0.2) is 34.2 Å². The number of aromatic amines is 1. The second kappa shape index (κ2) is 9.58. The Morgan fingerprint density at radius 1 is 1.36 bits per heavy atom. The first kappa shape index (κ1) is 19.5. The number of nitrogens with one attached hydrogen (secondary N) is 1. The minimum Gasteiger partial charge on any atom is -0.385 e. The van der Waals surface area contributed by atoms with Crippen LogP contribution in [0.2, 0.25) is 0 Å². The van der Waals surface area contributed by atoms with Crippen LogP contribution in [0.3, 0.4) is 0 Å². The predicted molar refractivity (Wildman–Crippen MR) is 99.5 cm³/mol. The Kier molecular flexibility index (Phi) is 7.46. The molecule has 0 saturated carbocycles. The number of hydrogen-bond acceptors (Lipinski definition) is 5. The van der Waals surface area contributed by atoms with Gasteiger partial charge in [-0.1, -0.05) is 49.9 Å². The van der Waals surface area contributed by atoms with E-state index in [9.17, 15) is 9.59 Å². The molecule has 0 radical (unpaired) electrons. The largest absolute Gasteiger partial charge is 0.385 e. The molecule has 1 aromatic carbocycles. The zero-order valence-corrected chi connectivity index (χ0v) is 15.8. The number of benzene rings is 1. The van der Waals surface area contributed by atoms with Gasteiger partial charge in [-0.15, -0.1) is 5.10 Å². The fraction of sp³-hybridized carbons (Fsp3) is 0.500. The van der Waals surface area contributed by atoms with Crippen molar-refractivity contribution >= 4 is 17.5 Å². The van der Waals surface area contributed by atoms with Crippen LogP contribution >= 0.6 is 11.8 Å². The Bertz CT molecular complexity index is 737. The molecular formula is C18H25N3O3S. The third-order valence-corrected chi connectivity index (χ3v) is 5.18. The number of nitrogens with zero attached hydrogens (tertiary/aromatic N) is 2. The molecule has 1 N–H and O–H groups in total. The van der Waals surface area contributed by atoms with E-state index in [-0.39, 0.29) is 17.2 Å². The van der Waals surface area contributed by atoms with Gasteiger partial charge >= 0.3 is 5.69 Å². The summed E-state index contributed by atoms with van der Waals surface area (Å²) in [6.07, 6.45) is 1.79. The second-order valence-electron chi connectivity index (χ2n) is 5.95. The summed E-state index contributed by atoms with van der Waals surface area (Å²) in [7, 11) is 1.62. The van der Waals surface area contributed by atoms with Crippen molar-refractivity contribution in [2.24, 2.45) is 0 Å². The summed E-state index contributed by atoms with van der Waals surface area (Å²) in [4.78, 5) is 24.2. The van der Waals surface area contributed by atoms with E-state index in [0.717, 1.165) is 6.42 Å². The van der Waals surface area contributed by atoms with E-state index >= 15 is 0 Å². The first-order valence-electron chi connectivity index (χ1n) is 8.46. The lowest BCUT2D eigenvalue weighted by Crippen LogP contribution is -2.18. The number of H-pyrrole nitrogens is 1. The van der Waals surface area contributed by atoms with Gasteiger partial charge in [-0.05, 0) is 24.3 Å². The molecule has 1 unspecified atom stereocenters. The van der Waals surface area contributed by atoms with Gasteiger partial charge in [0, 0.05) is 25.8 Å². The van der Waals surface area contributed by atoms with E-state index in [0.29, 0.717) is 36.2 Å². The molecule has 0 spiro atoms. The molecule has 6 nitrogen and oxygen atoms in total. The predicted octanol–water partition coefficient (Wildman–Crippen LogP) is 3.10. The van der Waals surface area contributed by atoms with Crippen LogP contribution in [-0.4, -0.2) is 40.0 Å². The lowest BCUT2D eigenvalue weighted by molar-refractivity contribution is 0.102. The van der Waals surface area contributed by atoms with Gasteiger partial charge in [0.2, 0.25) is 0 Å². The van der Waals surface area contributed by atoms with Crippen LogP contribution in [0.5, 0.6) is 0 Å². The van der Waals surface area contributed by atoms with Gasteiger partial charge in [0.1, 0.15) is 0 Å². The molecule has 7 heteroatoms. The standard InChI is InChI=1S/C18H25N3O3S/c1-4-13(2)14-6-8-15(9-7-14)16(22)12-25-18-20-19-17(23)21(18)10-5-11-24-3/h6-9,13H,4-5,10-12H2,1-3H3,(H,19,23). The van der Waals surface area contributed by atoms with Gasteiger partial charge in [-0.3, -0.25) is 9.36 Å². The van der Waals surface area contributed by atoms with E-state index in [1.54, 1.807) is 11.7 Å². The van der Waals surface area contributed by atoms with Crippen molar-refractivity contribution in [1.29, 1.82) is 0 Å². The van der Waals surface area contributed by atoms with Crippen molar-refractivity contribution in [1.82, 2.24) is 14.8 Å². The van der Waals surface area contributed by atoms with Crippen LogP contribution in [0.25, 0.3) is 0 Å². The van der Waals surface area contributed by atoms with E-state index in [2.05, 4.69) is 24.0 Å². The number of hydrogen-bond donors (Lipinski definition) is 1. The minimum absolute atomic E-state index is 0.0274. The number of carbonyl (C=O) groups is 1. The van der Waals surface area contributed by atoms with Gasteiger partial charge in [0.25, 0.3) is 0 Å². The summed E-state index contributed by atoms with van der Waals surface area (Å²) in [6, 6.07) is 7.78. The quantitative estimate of drug-likeness (QED) is 0.399. The van der Waals surface area contributed by atoms with E-state index in [4.69, 9.17) is 4.74 Å². The fourth-order valence-electron chi connectivity index (χ4n) is 2.42. The average molecular weight is 363 g/mol. The molecule has 1 heterocycles. The summed E-state index contributed by atoms with van der Waals surface area (Å²) >= 11 is 1.27. The lowest BCUT2D eigenvalue weighted by atomic mass is 9.97. The number of methoxy groups -OCH3 is 1. The lowest BCUT2D eigenvalue weighted by Gasteiger charge is -2.09. The molecular weight excluding hydrogens is 338 g/mol. The van der Waals surface area contributed by atoms with E-state index < -0.39 is 0 Å². The SMILES string of the molecule is CCC(C)c1ccc(C(=O)CSc2n[nH]c(=O)n2CCCOC)cc1. The topological polar surface area (TPSA) is 77.0 Å². The Labute approximate surface area is 152 Å². The van der Waals surface area contributed by atoms with Crippen molar-refractivity contribution in [2.75, 3.05) is 19.5 Å². The van der Waals surface area contributed by atoms with Crippen molar-refractivity contribution in [3.05, 3.63) is 45.9 Å². The van der Waals surface area contributed by atoms with Crippen LogP contribution < -0.4 is 5.69 Å². The molecule has 0 aliphatic carbocycles. The number of rotatable bonds is 10. The van der Waals surface area contributed by atoms with Gasteiger partial charge in [0.15, 0.2) is 10.9 Å². The van der Waals surface area contributed by atoms with Crippen molar-refractivity contribution in [3.8, 4) is 0 Å². The Hall–Kier alpha value is -1.86. The number of aromatic nitrogens is 3. The maximum absolute atomic E-state index is 12.4. The number of ketones is 1. The maximum atomic E-state index is 12.4. The highest BCUT2D eigenvalue weighted by atomic mass is 32.2. The highest BCUT2D eigenvalue weighted by Gasteiger charge is 2.13. The normalized spacial score (nSPS) is 12.3. The van der Waals surface area contributed by atoms with Gasteiger partial charge in [-0.25, -0.2) is 9.89 Å². The molecule has 0 saturated heterocycles. The molecule has 136 valence electrons. The fourth-order valence-corrected chi connectivity index (χ4v) is 3.29. The molecule has 0 aliphatic rings. The smallest absolute Gasteiger partial charge is 0.343 e. The zero-order chi connectivity index (χ0) is 18.2. The third-order valence-electron chi connectivity index (χ3n) is 4.20. The molecule has 0 aliphatic heterocycles. The molecule has 2 rings (SSSR count). The Morgan fingerprint density at radius 2 is 2.08 bits per heavy atom. The maximum Gasteiger partial charge on any atom is 0.343 e. The summed E-state index contributed by atoms with van der Waals surface area (Å²) in [5, 5.41) is 6.98. The zero-order valence-electron chi connectivity index (χ0n) is 14.9. The highest BCUT2D eigenvalue weighted by Crippen LogP contribution is 2.20. The number of ether oxygens (including phenoxy) is 1. The third kappa shape index (κ3) is 5.31. The van der Waals surface area contributed by atoms with Gasteiger partial charge in [0.05, 0.1) is 5.75 Å². The Morgan fingerprint density at radius 3 is 2.72 bits per heavy atom. The van der Waals surface area contributed by atoms with Crippen LogP contribution in [0.4, 0.5) is 0 Å². The van der Waals surface area contributed by atoms with E-state index in [1.807, 2.05) is 24.3 Å². The summed E-state index contributed by atoms with van der Waals surface area (Å²) < 4.78 is 6.55. The summed E-state index contributed by atoms with van der Waals surface area (Å²) in [5.74, 6) is 0.765. The summed E-state index contributed by atoms with van der Waals surface area (Å²) in [5.41, 5.74) is 1.67. The summed E-state index contributed by atoms with van der Waals surface area (Å²) in [6.45, 7) is 5.41. The van der Waals surface area contributed by atoms with Crippen molar-refractivity contribution in [2.45, 2.75) is 44.3 Å². The van der Waals surface area contributed by atoms with Gasteiger partial charge < -0.3 is 4.74 Å². The molecule has 25 heavy (non-hydrogen) atoms. The van der Waals surface area contributed by atoms with Gasteiger partial charge in [-0.2, -0.15) is 0 Å². The van der Waals surface area contributed by atoms with E-state index in [1.165, 1.54) is 17.3 Å². The first-order chi connectivity index (χ1) is 12.1. The highest BCUT2D eigenvalue weighted by molar-refractivity contribution is 7.99. The number of carbonyl (C=O) groups excluding carboxylic acids is 1. The monoisotopic (exact) mass is 363 g/mol. The van der Waals surface area contributed by atoms with Crippen molar-refractivity contribution < 1.29 is 9.53 Å². The minimum atomic E-state index is -0.260. The molecule has 1 atom stereocenters. The molecule has 0 fully saturated rings. The average Bonchev–Trinajstić information content (AvgIpc) is 2.99. The van der Waals surface area contributed by atoms with Crippen LogP contribution in [-0.2, 0) is 11.3 Å². The van der Waals surface area contributed by atoms with Crippen LogP contribution in [0.1, 0.15) is 48.5 Å². The first-order valence-corrected chi connectivity index (χ1v) is 9.45. The molecule has 2 aromatic rings.